The fourth-order valence-corrected chi connectivity index (χ4v) is 4.75. The molecule has 8 nitrogen and oxygen atoms in total. The van der Waals surface area contributed by atoms with Gasteiger partial charge in [0.2, 0.25) is 0 Å². The van der Waals surface area contributed by atoms with Crippen LogP contribution in [-0.4, -0.2) is 37.9 Å². The van der Waals surface area contributed by atoms with Gasteiger partial charge in [-0.3, -0.25) is 14.6 Å². The Balaban J connectivity index is 1.39. The normalized spacial score (nSPS) is 17.7. The lowest BCUT2D eigenvalue weighted by atomic mass is 9.86. The number of fused-ring (bicyclic) bond motifs is 1. The van der Waals surface area contributed by atoms with Crippen LogP contribution < -0.4 is 10.1 Å². The number of halogens is 1. The van der Waals surface area contributed by atoms with Crippen molar-refractivity contribution in [2.45, 2.75) is 31.7 Å². The van der Waals surface area contributed by atoms with E-state index in [4.69, 9.17) is 16.3 Å². The summed E-state index contributed by atoms with van der Waals surface area (Å²) >= 11 is 6.49. The van der Waals surface area contributed by atoms with Gasteiger partial charge in [0.05, 0.1) is 28.1 Å². The molecular formula is C26H23ClN4O4. The molecular weight excluding hydrogens is 468 g/mol. The number of carbonyl (C=O) groups is 2. The number of pyridine rings is 2. The number of aliphatic carboxylic acids is 1. The molecule has 1 aliphatic carbocycles. The highest BCUT2D eigenvalue weighted by Crippen LogP contribution is 2.33. The fourth-order valence-electron chi connectivity index (χ4n) is 4.49. The molecule has 3 heterocycles. The van der Waals surface area contributed by atoms with Crippen molar-refractivity contribution in [3.63, 3.8) is 0 Å². The number of anilines is 1. The maximum Gasteiger partial charge on any atom is 0.306 e. The number of H-pyrrole nitrogens is 1. The smallest absolute Gasteiger partial charge is 0.306 e. The summed E-state index contributed by atoms with van der Waals surface area (Å²) < 4.78 is 5.76. The number of nitrogens with zero attached hydrogens (tertiary/aromatic N) is 2. The Bertz CT molecular complexity index is 1380. The first kappa shape index (κ1) is 22.9. The monoisotopic (exact) mass is 490 g/mol. The van der Waals surface area contributed by atoms with E-state index in [2.05, 4.69) is 20.3 Å². The van der Waals surface area contributed by atoms with Gasteiger partial charge in [0.15, 0.2) is 5.78 Å². The molecule has 0 saturated heterocycles. The Labute approximate surface area is 206 Å². The highest BCUT2D eigenvalue weighted by Gasteiger charge is 2.27. The molecule has 3 aromatic heterocycles. The van der Waals surface area contributed by atoms with Crippen LogP contribution in [-0.2, 0) is 4.79 Å². The van der Waals surface area contributed by atoms with Crippen LogP contribution in [0.4, 0.5) is 5.69 Å². The van der Waals surface area contributed by atoms with E-state index in [1.807, 2.05) is 6.07 Å². The second-order valence-electron chi connectivity index (χ2n) is 8.58. The predicted molar refractivity (Wildman–Crippen MR) is 132 cm³/mol. The molecule has 5 rings (SSSR count). The van der Waals surface area contributed by atoms with Crippen molar-refractivity contribution in [1.29, 1.82) is 0 Å². The highest BCUT2D eigenvalue weighted by molar-refractivity contribution is 6.35. The number of aromatic nitrogens is 3. The number of hydrogen-bond donors (Lipinski definition) is 3. The number of ether oxygens (including phenoxy) is 1. The molecule has 35 heavy (non-hydrogen) atoms. The van der Waals surface area contributed by atoms with Crippen LogP contribution in [0.25, 0.3) is 11.0 Å². The van der Waals surface area contributed by atoms with E-state index in [1.54, 1.807) is 55.1 Å². The standard InChI is InChI=1S/C26H23ClN4O4/c27-21-12-17(35-18-2-1-10-28-13-18)7-8-19(21)24(32)20-14-30-25-23(20)22(9-11-29-25)31-16-5-3-15(4-6-16)26(33)34/h1-2,7-16H,3-6H2,(H,33,34)(H2,29,30,31)/t15-,16+. The number of hydrogen-bond acceptors (Lipinski definition) is 6. The Morgan fingerprint density at radius 1 is 1.06 bits per heavy atom. The molecule has 1 aromatic carbocycles. The van der Waals surface area contributed by atoms with Crippen LogP contribution in [0, 0.1) is 5.92 Å². The molecule has 3 N–H and O–H groups in total. The van der Waals surface area contributed by atoms with E-state index in [9.17, 15) is 14.7 Å². The third-order valence-electron chi connectivity index (χ3n) is 6.31. The maximum atomic E-state index is 13.5. The third kappa shape index (κ3) is 4.83. The molecule has 0 bridgehead atoms. The molecule has 0 radical (unpaired) electrons. The van der Waals surface area contributed by atoms with Gasteiger partial charge in [0, 0.05) is 41.9 Å². The van der Waals surface area contributed by atoms with Gasteiger partial charge in [-0.15, -0.1) is 0 Å². The molecule has 0 unspecified atom stereocenters. The number of carboxylic acid groups (broad SMARTS) is 1. The average molecular weight is 491 g/mol. The van der Waals surface area contributed by atoms with Crippen molar-refractivity contribution < 1.29 is 19.4 Å². The van der Waals surface area contributed by atoms with Gasteiger partial charge in [-0.25, -0.2) is 4.98 Å². The Morgan fingerprint density at radius 3 is 2.60 bits per heavy atom. The number of aromatic amines is 1. The molecule has 0 aliphatic heterocycles. The van der Waals surface area contributed by atoms with Gasteiger partial charge in [-0.1, -0.05) is 11.6 Å². The maximum absolute atomic E-state index is 13.5. The quantitative estimate of drug-likeness (QED) is 0.285. The predicted octanol–water partition coefficient (Wildman–Crippen LogP) is 5.69. The second-order valence-corrected chi connectivity index (χ2v) is 8.98. The van der Waals surface area contributed by atoms with E-state index in [-0.39, 0.29) is 22.8 Å². The summed E-state index contributed by atoms with van der Waals surface area (Å²) in [6, 6.07) is 10.5. The minimum Gasteiger partial charge on any atom is -0.481 e. The number of rotatable bonds is 7. The number of carbonyl (C=O) groups excluding carboxylic acids is 1. The molecule has 0 atom stereocenters. The zero-order chi connectivity index (χ0) is 24.4. The molecule has 9 heteroatoms. The van der Waals surface area contributed by atoms with Crippen molar-refractivity contribution in [3.8, 4) is 11.5 Å². The molecule has 1 fully saturated rings. The molecule has 1 saturated carbocycles. The zero-order valence-corrected chi connectivity index (χ0v) is 19.5. The van der Waals surface area contributed by atoms with Crippen molar-refractivity contribution in [2.24, 2.45) is 5.92 Å². The molecule has 178 valence electrons. The minimum atomic E-state index is -0.734. The Kier molecular flexibility index (Phi) is 6.37. The molecule has 4 aromatic rings. The van der Waals surface area contributed by atoms with Gasteiger partial charge in [-0.05, 0) is 56.0 Å². The first-order valence-corrected chi connectivity index (χ1v) is 11.7. The van der Waals surface area contributed by atoms with Crippen molar-refractivity contribution >= 4 is 40.1 Å². The van der Waals surface area contributed by atoms with E-state index < -0.39 is 5.97 Å². The lowest BCUT2D eigenvalue weighted by Crippen LogP contribution is -2.29. The average Bonchev–Trinajstić information content (AvgIpc) is 3.30. The highest BCUT2D eigenvalue weighted by atomic mass is 35.5. The van der Waals surface area contributed by atoms with Crippen LogP contribution in [0.15, 0.2) is 61.2 Å². The van der Waals surface area contributed by atoms with E-state index >= 15 is 0 Å². The van der Waals surface area contributed by atoms with Crippen LogP contribution >= 0.6 is 11.6 Å². The summed E-state index contributed by atoms with van der Waals surface area (Å²) in [7, 11) is 0. The van der Waals surface area contributed by atoms with E-state index in [0.717, 1.165) is 18.5 Å². The summed E-state index contributed by atoms with van der Waals surface area (Å²) in [6.07, 6.45) is 9.32. The van der Waals surface area contributed by atoms with Crippen molar-refractivity contribution in [2.75, 3.05) is 5.32 Å². The summed E-state index contributed by atoms with van der Waals surface area (Å²) in [5.74, 6) is -0.193. The van der Waals surface area contributed by atoms with Crippen LogP contribution in [0.1, 0.15) is 41.6 Å². The topological polar surface area (TPSA) is 117 Å². The van der Waals surface area contributed by atoms with Gasteiger partial charge >= 0.3 is 5.97 Å². The first-order chi connectivity index (χ1) is 17.0. The summed E-state index contributed by atoms with van der Waals surface area (Å²) in [5, 5.41) is 13.7. The number of carboxylic acids is 1. The van der Waals surface area contributed by atoms with Crippen LogP contribution in [0.2, 0.25) is 5.02 Å². The largest absolute Gasteiger partial charge is 0.481 e. The minimum absolute atomic E-state index is 0.126. The Hall–Kier alpha value is -3.91. The SMILES string of the molecule is O=C(c1ccc(Oc2cccnc2)cc1Cl)c1c[nH]c2nccc(N[C@H]3CC[C@@H](C(=O)O)CC3)c12. The zero-order valence-electron chi connectivity index (χ0n) is 18.7. The lowest BCUT2D eigenvalue weighted by Gasteiger charge is -2.28. The number of benzene rings is 1. The van der Waals surface area contributed by atoms with E-state index in [0.29, 0.717) is 46.5 Å². The lowest BCUT2D eigenvalue weighted by molar-refractivity contribution is -0.142. The molecule has 0 amide bonds. The fraction of sp³-hybridized carbons (Fsp3) is 0.231. The van der Waals surface area contributed by atoms with Crippen molar-refractivity contribution in [3.05, 3.63) is 77.3 Å². The first-order valence-electron chi connectivity index (χ1n) is 11.4. The second kappa shape index (κ2) is 9.76. The summed E-state index contributed by atoms with van der Waals surface area (Å²) in [6.45, 7) is 0. The molecule has 0 spiro atoms. The van der Waals surface area contributed by atoms with Gasteiger partial charge < -0.3 is 20.1 Å². The summed E-state index contributed by atoms with van der Waals surface area (Å²) in [5.41, 5.74) is 2.18. The van der Waals surface area contributed by atoms with Crippen molar-refractivity contribution in [1.82, 2.24) is 15.0 Å². The number of ketones is 1. The van der Waals surface area contributed by atoms with Crippen LogP contribution in [0.5, 0.6) is 11.5 Å². The van der Waals surface area contributed by atoms with Crippen LogP contribution in [0.3, 0.4) is 0 Å². The Morgan fingerprint density at radius 2 is 1.89 bits per heavy atom. The molecule has 1 aliphatic rings. The van der Waals surface area contributed by atoms with Gasteiger partial charge in [0.25, 0.3) is 0 Å². The van der Waals surface area contributed by atoms with Gasteiger partial charge in [-0.2, -0.15) is 0 Å². The number of nitrogens with one attached hydrogen (secondary N) is 2. The van der Waals surface area contributed by atoms with Gasteiger partial charge in [0.1, 0.15) is 17.1 Å². The van der Waals surface area contributed by atoms with E-state index in [1.165, 1.54) is 0 Å². The third-order valence-corrected chi connectivity index (χ3v) is 6.62. The summed E-state index contributed by atoms with van der Waals surface area (Å²) in [4.78, 5) is 36.2.